The molecule has 1 aliphatic heterocycles. The Hall–Kier alpha value is -0.220. The van der Waals surface area contributed by atoms with Crippen LogP contribution < -0.4 is 0 Å². The highest BCUT2D eigenvalue weighted by molar-refractivity contribution is 8.00. The van der Waals surface area contributed by atoms with Crippen LogP contribution in [0.15, 0.2) is 0 Å². The molecule has 1 rings (SSSR count). The molecule has 3 nitrogen and oxygen atoms in total. The number of hydrogen-bond donors (Lipinski definition) is 1. The Labute approximate surface area is 58.0 Å². The van der Waals surface area contributed by atoms with Gasteiger partial charge in [-0.3, -0.25) is 4.79 Å². The molecular weight excluding hydrogens is 138 g/mol. The zero-order chi connectivity index (χ0) is 6.69. The van der Waals surface area contributed by atoms with Gasteiger partial charge in [0.1, 0.15) is 0 Å². The van der Waals surface area contributed by atoms with Gasteiger partial charge >= 0.3 is 0 Å². The first-order valence-corrected chi connectivity index (χ1v) is 3.96. The molecule has 0 saturated carbocycles. The SMILES string of the molecule is O=C1CSCN1CCO. The fourth-order valence-electron chi connectivity index (χ4n) is 0.716. The van der Waals surface area contributed by atoms with E-state index in [1.54, 1.807) is 16.7 Å². The molecule has 52 valence electrons. The van der Waals surface area contributed by atoms with Crippen molar-refractivity contribution in [2.24, 2.45) is 0 Å². The number of carbonyl (C=O) groups is 1. The number of rotatable bonds is 2. The van der Waals surface area contributed by atoms with E-state index in [4.69, 9.17) is 5.11 Å². The van der Waals surface area contributed by atoms with Crippen LogP contribution in [0.1, 0.15) is 0 Å². The summed E-state index contributed by atoms with van der Waals surface area (Å²) in [5.41, 5.74) is 0. The second kappa shape index (κ2) is 3.08. The summed E-state index contributed by atoms with van der Waals surface area (Å²) in [5, 5.41) is 8.44. The van der Waals surface area contributed by atoms with Crippen molar-refractivity contribution in [1.29, 1.82) is 0 Å². The Bertz CT molecular complexity index is 118. The van der Waals surface area contributed by atoms with E-state index in [0.717, 1.165) is 5.88 Å². The van der Waals surface area contributed by atoms with Gasteiger partial charge in [-0.05, 0) is 0 Å². The molecule has 4 heteroatoms. The van der Waals surface area contributed by atoms with E-state index in [1.165, 1.54) is 0 Å². The highest BCUT2D eigenvalue weighted by Gasteiger charge is 2.18. The second-order valence-electron chi connectivity index (χ2n) is 1.86. The lowest BCUT2D eigenvalue weighted by atomic mass is 10.5. The average molecular weight is 147 g/mol. The van der Waals surface area contributed by atoms with Crippen molar-refractivity contribution in [3.63, 3.8) is 0 Å². The predicted octanol–water partition coefficient (Wildman–Crippen LogP) is -0.488. The fraction of sp³-hybridized carbons (Fsp3) is 0.800. The molecule has 1 saturated heterocycles. The van der Waals surface area contributed by atoms with Gasteiger partial charge in [0.25, 0.3) is 0 Å². The van der Waals surface area contributed by atoms with Crippen LogP contribution in [0.25, 0.3) is 0 Å². The van der Waals surface area contributed by atoms with Crippen LogP contribution in [0.4, 0.5) is 0 Å². The first kappa shape index (κ1) is 6.89. The van der Waals surface area contributed by atoms with Crippen molar-refractivity contribution >= 4 is 17.7 Å². The van der Waals surface area contributed by atoms with Crippen LogP contribution >= 0.6 is 11.8 Å². The van der Waals surface area contributed by atoms with E-state index in [1.807, 2.05) is 0 Å². The number of aliphatic hydroxyl groups excluding tert-OH is 1. The molecule has 0 atom stereocenters. The van der Waals surface area contributed by atoms with E-state index >= 15 is 0 Å². The van der Waals surface area contributed by atoms with Crippen molar-refractivity contribution in [1.82, 2.24) is 4.90 Å². The third-order valence-corrected chi connectivity index (χ3v) is 2.14. The number of nitrogens with zero attached hydrogens (tertiary/aromatic N) is 1. The molecule has 1 aliphatic rings. The minimum atomic E-state index is 0.0757. The van der Waals surface area contributed by atoms with E-state index in [9.17, 15) is 4.79 Å². The average Bonchev–Trinajstić information content (AvgIpc) is 2.18. The molecule has 0 bridgehead atoms. The molecule has 1 fully saturated rings. The number of aliphatic hydroxyl groups is 1. The Kier molecular flexibility index (Phi) is 2.36. The molecule has 0 spiro atoms. The molecule has 0 aromatic heterocycles. The molecule has 0 aromatic rings. The van der Waals surface area contributed by atoms with Gasteiger partial charge in [-0.25, -0.2) is 0 Å². The summed E-state index contributed by atoms with van der Waals surface area (Å²) >= 11 is 1.60. The maximum absolute atomic E-state index is 10.8. The first-order chi connectivity index (χ1) is 4.34. The van der Waals surface area contributed by atoms with Crippen LogP contribution in [0, 0.1) is 0 Å². The van der Waals surface area contributed by atoms with Gasteiger partial charge in [0.2, 0.25) is 5.91 Å². The maximum atomic E-state index is 10.8. The number of carbonyl (C=O) groups excluding carboxylic acids is 1. The van der Waals surface area contributed by atoms with Crippen LogP contribution in [-0.2, 0) is 4.79 Å². The number of hydrogen-bond acceptors (Lipinski definition) is 3. The van der Waals surface area contributed by atoms with Crippen LogP contribution in [0.3, 0.4) is 0 Å². The van der Waals surface area contributed by atoms with Gasteiger partial charge in [-0.15, -0.1) is 11.8 Å². The summed E-state index contributed by atoms with van der Waals surface area (Å²) < 4.78 is 0. The number of β-amino-alcohol motifs (C(OH)–C–C–N with tert-alkyl or cyclic N) is 1. The second-order valence-corrected chi connectivity index (χ2v) is 2.81. The van der Waals surface area contributed by atoms with Crippen LogP contribution in [0.2, 0.25) is 0 Å². The lowest BCUT2D eigenvalue weighted by Gasteiger charge is -2.10. The standard InChI is InChI=1S/C5H9NO2S/c7-2-1-6-4-9-3-5(6)8/h7H,1-4H2. The highest BCUT2D eigenvalue weighted by atomic mass is 32.2. The molecule has 0 aliphatic carbocycles. The number of amides is 1. The van der Waals surface area contributed by atoms with E-state index < -0.39 is 0 Å². The molecule has 1 N–H and O–H groups in total. The normalized spacial score (nSPS) is 19.2. The molecule has 9 heavy (non-hydrogen) atoms. The zero-order valence-electron chi connectivity index (χ0n) is 5.04. The third kappa shape index (κ3) is 1.59. The summed E-state index contributed by atoms with van der Waals surface area (Å²) in [7, 11) is 0. The van der Waals surface area contributed by atoms with Gasteiger partial charge in [0.15, 0.2) is 0 Å². The molecule has 0 radical (unpaired) electrons. The minimum absolute atomic E-state index is 0.0757. The number of thioether (sulfide) groups is 1. The van der Waals surface area contributed by atoms with E-state index in [-0.39, 0.29) is 12.5 Å². The Morgan fingerprint density at radius 2 is 2.56 bits per heavy atom. The summed E-state index contributed by atoms with van der Waals surface area (Å²) in [5.74, 6) is 1.48. The lowest BCUT2D eigenvalue weighted by Crippen LogP contribution is -2.28. The molecular formula is C5H9NO2S. The molecule has 0 unspecified atom stereocenters. The zero-order valence-corrected chi connectivity index (χ0v) is 5.86. The van der Waals surface area contributed by atoms with Crippen molar-refractivity contribution in [3.05, 3.63) is 0 Å². The smallest absolute Gasteiger partial charge is 0.233 e. The minimum Gasteiger partial charge on any atom is -0.395 e. The topological polar surface area (TPSA) is 40.5 Å². The Balaban J connectivity index is 2.31. The molecule has 1 amide bonds. The van der Waals surface area contributed by atoms with Crippen molar-refractivity contribution in [2.75, 3.05) is 24.8 Å². The van der Waals surface area contributed by atoms with Crippen molar-refractivity contribution in [3.8, 4) is 0 Å². The van der Waals surface area contributed by atoms with Crippen LogP contribution in [0.5, 0.6) is 0 Å². The Morgan fingerprint density at radius 3 is 3.00 bits per heavy atom. The first-order valence-electron chi connectivity index (χ1n) is 2.81. The summed E-state index contributed by atoms with van der Waals surface area (Å²) in [6.07, 6.45) is 0. The Morgan fingerprint density at radius 1 is 1.78 bits per heavy atom. The summed E-state index contributed by atoms with van der Waals surface area (Å²) in [6.45, 7) is 0.568. The van der Waals surface area contributed by atoms with Gasteiger partial charge in [0.05, 0.1) is 18.2 Å². The monoisotopic (exact) mass is 147 g/mol. The highest BCUT2D eigenvalue weighted by Crippen LogP contribution is 2.13. The third-order valence-electron chi connectivity index (χ3n) is 1.20. The van der Waals surface area contributed by atoms with Crippen molar-refractivity contribution < 1.29 is 9.90 Å². The largest absolute Gasteiger partial charge is 0.395 e. The van der Waals surface area contributed by atoms with Gasteiger partial charge < -0.3 is 10.0 Å². The van der Waals surface area contributed by atoms with Crippen LogP contribution in [-0.4, -0.2) is 40.7 Å². The predicted molar refractivity (Wildman–Crippen MR) is 36.1 cm³/mol. The van der Waals surface area contributed by atoms with Gasteiger partial charge in [0, 0.05) is 6.54 Å². The molecule has 0 aromatic carbocycles. The summed E-state index contributed by atoms with van der Waals surface area (Å²) in [6, 6.07) is 0. The lowest BCUT2D eigenvalue weighted by molar-refractivity contribution is -0.126. The van der Waals surface area contributed by atoms with E-state index in [2.05, 4.69) is 0 Å². The van der Waals surface area contributed by atoms with E-state index in [0.29, 0.717) is 12.3 Å². The fourth-order valence-corrected chi connectivity index (χ4v) is 1.66. The summed E-state index contributed by atoms with van der Waals surface area (Å²) in [4.78, 5) is 12.4. The molecule has 1 heterocycles. The maximum Gasteiger partial charge on any atom is 0.233 e. The van der Waals surface area contributed by atoms with Gasteiger partial charge in [-0.1, -0.05) is 0 Å². The quantitative estimate of drug-likeness (QED) is 0.573. The van der Waals surface area contributed by atoms with Crippen molar-refractivity contribution in [2.45, 2.75) is 0 Å². The van der Waals surface area contributed by atoms with Gasteiger partial charge in [-0.2, -0.15) is 0 Å².